The van der Waals surface area contributed by atoms with Gasteiger partial charge in [-0.2, -0.15) is 0 Å². The van der Waals surface area contributed by atoms with Crippen molar-refractivity contribution < 1.29 is 14.7 Å². The molecule has 1 aromatic rings. The lowest BCUT2D eigenvalue weighted by Crippen LogP contribution is -2.17. The SMILES string of the molecule is Cc1ccc(OCCOC(C)C)c(/C(N)=N/O)c1. The standard InChI is InChI=1S/C13H20N2O3/c1-9(2)17-6-7-18-12-5-4-10(3)8-11(12)13(14)15-16/h4-5,8-9,16H,6-7H2,1-3H3,(H2,14,15). The molecule has 5 heteroatoms. The molecule has 0 spiro atoms. The summed E-state index contributed by atoms with van der Waals surface area (Å²) in [6.45, 7) is 6.79. The summed E-state index contributed by atoms with van der Waals surface area (Å²) in [6, 6.07) is 5.53. The first-order valence-electron chi connectivity index (χ1n) is 5.87. The lowest BCUT2D eigenvalue weighted by Gasteiger charge is -2.12. The van der Waals surface area contributed by atoms with Crippen LogP contribution in [0, 0.1) is 6.92 Å². The van der Waals surface area contributed by atoms with E-state index in [0.717, 1.165) is 5.56 Å². The number of aryl methyl sites for hydroxylation is 1. The summed E-state index contributed by atoms with van der Waals surface area (Å²) in [5, 5.41) is 11.7. The van der Waals surface area contributed by atoms with Gasteiger partial charge in [0.1, 0.15) is 12.4 Å². The Morgan fingerprint density at radius 3 is 2.72 bits per heavy atom. The number of benzene rings is 1. The zero-order valence-corrected chi connectivity index (χ0v) is 11.0. The highest BCUT2D eigenvalue weighted by atomic mass is 16.5. The van der Waals surface area contributed by atoms with E-state index in [2.05, 4.69) is 5.16 Å². The number of hydrogen-bond acceptors (Lipinski definition) is 4. The van der Waals surface area contributed by atoms with E-state index in [9.17, 15) is 0 Å². The zero-order chi connectivity index (χ0) is 13.5. The molecule has 0 amide bonds. The molecule has 3 N–H and O–H groups in total. The van der Waals surface area contributed by atoms with Gasteiger partial charge in [0.2, 0.25) is 0 Å². The Bertz CT molecular complexity index is 417. The second-order valence-electron chi connectivity index (χ2n) is 4.25. The molecule has 0 bridgehead atoms. The van der Waals surface area contributed by atoms with Crippen LogP contribution in [-0.4, -0.2) is 30.4 Å². The van der Waals surface area contributed by atoms with Crippen molar-refractivity contribution in [2.75, 3.05) is 13.2 Å². The molecule has 5 nitrogen and oxygen atoms in total. The first-order valence-corrected chi connectivity index (χ1v) is 5.87. The van der Waals surface area contributed by atoms with Gasteiger partial charge >= 0.3 is 0 Å². The summed E-state index contributed by atoms with van der Waals surface area (Å²) >= 11 is 0. The van der Waals surface area contributed by atoms with Crippen molar-refractivity contribution in [1.29, 1.82) is 0 Å². The number of hydrogen-bond donors (Lipinski definition) is 2. The minimum atomic E-state index is 0.0403. The van der Waals surface area contributed by atoms with Gasteiger partial charge in [-0.25, -0.2) is 0 Å². The Labute approximate surface area is 107 Å². The van der Waals surface area contributed by atoms with Gasteiger partial charge in [-0.3, -0.25) is 0 Å². The van der Waals surface area contributed by atoms with Crippen molar-refractivity contribution >= 4 is 5.84 Å². The number of ether oxygens (including phenoxy) is 2. The van der Waals surface area contributed by atoms with Gasteiger partial charge in [0.15, 0.2) is 5.84 Å². The number of oxime groups is 1. The molecule has 0 unspecified atom stereocenters. The highest BCUT2D eigenvalue weighted by Crippen LogP contribution is 2.19. The van der Waals surface area contributed by atoms with Gasteiger partial charge in [0.05, 0.1) is 18.3 Å². The van der Waals surface area contributed by atoms with Crippen molar-refractivity contribution in [2.45, 2.75) is 26.9 Å². The van der Waals surface area contributed by atoms with Gasteiger partial charge in [-0.1, -0.05) is 16.8 Å². The minimum Gasteiger partial charge on any atom is -0.490 e. The van der Waals surface area contributed by atoms with Crippen LogP contribution in [-0.2, 0) is 4.74 Å². The lowest BCUT2D eigenvalue weighted by molar-refractivity contribution is 0.0552. The quantitative estimate of drug-likeness (QED) is 0.266. The maximum Gasteiger partial charge on any atom is 0.173 e. The summed E-state index contributed by atoms with van der Waals surface area (Å²) in [7, 11) is 0. The molecule has 0 radical (unpaired) electrons. The first kappa shape index (κ1) is 14.3. The van der Waals surface area contributed by atoms with Gasteiger partial charge in [-0.05, 0) is 32.9 Å². The molecule has 0 aliphatic carbocycles. The van der Waals surface area contributed by atoms with E-state index in [0.29, 0.717) is 24.5 Å². The van der Waals surface area contributed by atoms with Crippen LogP contribution < -0.4 is 10.5 Å². The Kier molecular flexibility index (Phi) is 5.45. The Hall–Kier alpha value is -1.75. The third-order valence-electron chi connectivity index (χ3n) is 2.31. The van der Waals surface area contributed by atoms with Crippen LogP contribution in [0.1, 0.15) is 25.0 Å². The maximum absolute atomic E-state index is 8.73. The van der Waals surface area contributed by atoms with Crippen LogP contribution in [0.25, 0.3) is 0 Å². The van der Waals surface area contributed by atoms with E-state index in [-0.39, 0.29) is 11.9 Å². The average molecular weight is 252 g/mol. The second-order valence-corrected chi connectivity index (χ2v) is 4.25. The molecule has 0 atom stereocenters. The van der Waals surface area contributed by atoms with E-state index >= 15 is 0 Å². The molecule has 1 rings (SSSR count). The number of rotatable bonds is 6. The van der Waals surface area contributed by atoms with Crippen LogP contribution in [0.2, 0.25) is 0 Å². The zero-order valence-electron chi connectivity index (χ0n) is 11.0. The first-order chi connectivity index (χ1) is 8.54. The van der Waals surface area contributed by atoms with Gasteiger partial charge in [0.25, 0.3) is 0 Å². The van der Waals surface area contributed by atoms with Crippen LogP contribution in [0.3, 0.4) is 0 Å². The van der Waals surface area contributed by atoms with Crippen LogP contribution >= 0.6 is 0 Å². The van der Waals surface area contributed by atoms with E-state index in [4.69, 9.17) is 20.4 Å². The summed E-state index contributed by atoms with van der Waals surface area (Å²) < 4.78 is 10.9. The Morgan fingerprint density at radius 2 is 2.11 bits per heavy atom. The molecule has 0 saturated carbocycles. The monoisotopic (exact) mass is 252 g/mol. The molecule has 18 heavy (non-hydrogen) atoms. The van der Waals surface area contributed by atoms with Crippen LogP contribution in [0.4, 0.5) is 0 Å². The summed E-state index contributed by atoms with van der Waals surface area (Å²) in [5.74, 6) is 0.627. The van der Waals surface area contributed by atoms with Gasteiger partial charge < -0.3 is 20.4 Å². The van der Waals surface area contributed by atoms with Crippen molar-refractivity contribution in [2.24, 2.45) is 10.9 Å². The smallest absolute Gasteiger partial charge is 0.173 e. The Morgan fingerprint density at radius 1 is 1.39 bits per heavy atom. The number of amidine groups is 1. The van der Waals surface area contributed by atoms with Crippen LogP contribution in [0.5, 0.6) is 5.75 Å². The molecule has 0 aliphatic heterocycles. The molecule has 100 valence electrons. The predicted molar refractivity (Wildman–Crippen MR) is 70.3 cm³/mol. The largest absolute Gasteiger partial charge is 0.490 e. The maximum atomic E-state index is 8.73. The molecule has 0 aromatic heterocycles. The molecule has 0 heterocycles. The third kappa shape index (κ3) is 4.25. The normalized spacial score (nSPS) is 11.9. The predicted octanol–water partition coefficient (Wildman–Crippen LogP) is 1.89. The van der Waals surface area contributed by atoms with E-state index in [1.807, 2.05) is 32.9 Å². The van der Waals surface area contributed by atoms with Crippen LogP contribution in [0.15, 0.2) is 23.4 Å². The molecular weight excluding hydrogens is 232 g/mol. The second kappa shape index (κ2) is 6.86. The molecule has 0 fully saturated rings. The fourth-order valence-corrected chi connectivity index (χ4v) is 1.46. The summed E-state index contributed by atoms with van der Waals surface area (Å²) in [4.78, 5) is 0. The van der Waals surface area contributed by atoms with E-state index in [1.165, 1.54) is 0 Å². The van der Waals surface area contributed by atoms with Gasteiger partial charge in [-0.15, -0.1) is 0 Å². The lowest BCUT2D eigenvalue weighted by atomic mass is 10.1. The van der Waals surface area contributed by atoms with Crippen molar-refractivity contribution in [3.63, 3.8) is 0 Å². The van der Waals surface area contributed by atoms with Gasteiger partial charge in [0, 0.05) is 0 Å². The van der Waals surface area contributed by atoms with E-state index in [1.54, 1.807) is 6.07 Å². The molecule has 0 aliphatic rings. The minimum absolute atomic E-state index is 0.0403. The summed E-state index contributed by atoms with van der Waals surface area (Å²) in [6.07, 6.45) is 0.176. The summed E-state index contributed by atoms with van der Waals surface area (Å²) in [5.41, 5.74) is 7.21. The van der Waals surface area contributed by atoms with Crippen molar-refractivity contribution in [1.82, 2.24) is 0 Å². The fourth-order valence-electron chi connectivity index (χ4n) is 1.46. The molecular formula is C13H20N2O3. The highest BCUT2D eigenvalue weighted by Gasteiger charge is 2.08. The number of nitrogens with two attached hydrogens (primary N) is 1. The van der Waals surface area contributed by atoms with Crippen molar-refractivity contribution in [3.05, 3.63) is 29.3 Å². The van der Waals surface area contributed by atoms with Crippen molar-refractivity contribution in [3.8, 4) is 5.75 Å². The third-order valence-corrected chi connectivity index (χ3v) is 2.31. The molecule has 0 saturated heterocycles. The number of nitrogens with zero attached hydrogens (tertiary/aromatic N) is 1. The Balaban J connectivity index is 2.70. The molecule has 1 aromatic carbocycles. The average Bonchev–Trinajstić information content (AvgIpc) is 2.34. The fraction of sp³-hybridized carbons (Fsp3) is 0.462. The highest BCUT2D eigenvalue weighted by molar-refractivity contribution is 5.99. The topological polar surface area (TPSA) is 77.1 Å². The van der Waals surface area contributed by atoms with E-state index < -0.39 is 0 Å².